The first-order chi connectivity index (χ1) is 16.8. The summed E-state index contributed by atoms with van der Waals surface area (Å²) >= 11 is 8.30. The number of hydrogen-bond donors (Lipinski definition) is 1. The van der Waals surface area contributed by atoms with E-state index in [1.165, 1.54) is 29.5 Å². The van der Waals surface area contributed by atoms with E-state index < -0.39 is 35.1 Å². The first kappa shape index (κ1) is 23.4. The number of thiazole rings is 1. The fourth-order valence-electron chi connectivity index (χ4n) is 3.87. The molecule has 1 fully saturated rings. The Morgan fingerprint density at radius 2 is 2.03 bits per heavy atom. The maximum atomic E-state index is 14.3. The van der Waals surface area contributed by atoms with Crippen molar-refractivity contribution in [3.8, 4) is 5.75 Å². The smallest absolute Gasteiger partial charge is 0.301 e. The van der Waals surface area contributed by atoms with E-state index in [1.54, 1.807) is 24.4 Å². The number of fused-ring (bicyclic) bond motifs is 1. The summed E-state index contributed by atoms with van der Waals surface area (Å²) < 4.78 is 33.7. The number of anilines is 1. The molecule has 1 atom stereocenters. The van der Waals surface area contributed by atoms with Crippen molar-refractivity contribution in [3.05, 3.63) is 80.5 Å². The molecule has 0 bridgehead atoms. The van der Waals surface area contributed by atoms with Crippen molar-refractivity contribution in [2.75, 3.05) is 11.5 Å². The predicted octanol–water partition coefficient (Wildman–Crippen LogP) is 6.31. The van der Waals surface area contributed by atoms with Crippen molar-refractivity contribution in [2.24, 2.45) is 0 Å². The molecular formula is C24H15ClF2N2O4S2. The van der Waals surface area contributed by atoms with Crippen molar-refractivity contribution in [2.45, 2.75) is 13.0 Å². The number of amides is 1. The highest BCUT2D eigenvalue weighted by Crippen LogP contribution is 2.46. The van der Waals surface area contributed by atoms with Crippen molar-refractivity contribution in [1.82, 2.24) is 4.98 Å². The van der Waals surface area contributed by atoms with Gasteiger partial charge in [0.25, 0.3) is 5.78 Å². The van der Waals surface area contributed by atoms with Crippen LogP contribution in [0, 0.1) is 11.6 Å². The second-order valence-electron chi connectivity index (χ2n) is 7.49. The van der Waals surface area contributed by atoms with E-state index >= 15 is 0 Å². The minimum atomic E-state index is -1.02. The van der Waals surface area contributed by atoms with Crippen molar-refractivity contribution >= 4 is 67.1 Å². The largest absolute Gasteiger partial charge is 0.507 e. The average Bonchev–Trinajstić information content (AvgIpc) is 3.54. The molecule has 1 saturated heterocycles. The molecule has 0 aliphatic carbocycles. The Balaban J connectivity index is 1.70. The lowest BCUT2D eigenvalue weighted by Gasteiger charge is -2.21. The summed E-state index contributed by atoms with van der Waals surface area (Å²) in [4.78, 5) is 32.3. The number of benzene rings is 2. The quantitative estimate of drug-likeness (QED) is 0.185. The van der Waals surface area contributed by atoms with Gasteiger partial charge in [-0.1, -0.05) is 29.0 Å². The molecule has 1 amide bonds. The van der Waals surface area contributed by atoms with Crippen LogP contribution in [0.25, 0.3) is 16.0 Å². The first-order valence-corrected chi connectivity index (χ1v) is 12.4. The van der Waals surface area contributed by atoms with E-state index in [2.05, 4.69) is 4.98 Å². The van der Waals surface area contributed by atoms with Gasteiger partial charge in [-0.3, -0.25) is 14.5 Å². The Morgan fingerprint density at radius 1 is 1.23 bits per heavy atom. The van der Waals surface area contributed by atoms with E-state index in [4.69, 9.17) is 16.3 Å². The number of hydrogen-bond acceptors (Lipinski definition) is 7. The topological polar surface area (TPSA) is 79.7 Å². The molecule has 1 unspecified atom stereocenters. The standard InChI is InChI=1S/C24H15ClF2N2O4S2/c1-2-33-15-8-11(5-6-13(15)25)21(30)18-20(16-4-3-7-34-16)29(23(32)22(18)31)24-28-19-14(27)9-12(26)10-17(19)35-24/h3-10,20,30H,2H2,1H3/b21-18+. The number of carbonyl (C=O) groups excluding carboxylic acids is 2. The van der Waals surface area contributed by atoms with E-state index in [-0.39, 0.29) is 26.5 Å². The highest BCUT2D eigenvalue weighted by molar-refractivity contribution is 7.22. The molecule has 0 spiro atoms. The molecule has 2 aromatic heterocycles. The number of aromatic nitrogens is 1. The normalized spacial score (nSPS) is 17.5. The lowest BCUT2D eigenvalue weighted by Crippen LogP contribution is -2.28. The molecule has 4 aromatic rings. The van der Waals surface area contributed by atoms with Gasteiger partial charge >= 0.3 is 5.91 Å². The van der Waals surface area contributed by atoms with Crippen molar-refractivity contribution in [1.29, 1.82) is 0 Å². The van der Waals surface area contributed by atoms with Crippen LogP contribution < -0.4 is 9.64 Å². The van der Waals surface area contributed by atoms with Crippen LogP contribution in [0.2, 0.25) is 5.02 Å². The molecule has 1 aliphatic rings. The van der Waals surface area contributed by atoms with Crippen LogP contribution >= 0.6 is 34.3 Å². The van der Waals surface area contributed by atoms with E-state index in [0.717, 1.165) is 22.3 Å². The van der Waals surface area contributed by atoms with Gasteiger partial charge in [-0.2, -0.15) is 0 Å². The number of rotatable bonds is 5. The molecule has 178 valence electrons. The molecular weight excluding hydrogens is 518 g/mol. The monoisotopic (exact) mass is 532 g/mol. The fraction of sp³-hybridized carbons (Fsp3) is 0.125. The number of ether oxygens (including phenoxy) is 1. The molecule has 0 radical (unpaired) electrons. The van der Waals surface area contributed by atoms with E-state index in [9.17, 15) is 23.5 Å². The Labute approximate surface area is 210 Å². The van der Waals surface area contributed by atoms with Gasteiger partial charge < -0.3 is 9.84 Å². The second-order valence-corrected chi connectivity index (χ2v) is 9.89. The lowest BCUT2D eigenvalue weighted by atomic mass is 10.00. The van der Waals surface area contributed by atoms with Crippen LogP contribution in [0.5, 0.6) is 5.75 Å². The molecule has 1 aliphatic heterocycles. The lowest BCUT2D eigenvalue weighted by molar-refractivity contribution is -0.132. The van der Waals surface area contributed by atoms with Crippen LogP contribution in [-0.2, 0) is 9.59 Å². The number of carbonyl (C=O) groups is 2. The minimum Gasteiger partial charge on any atom is -0.507 e. The second kappa shape index (κ2) is 9.03. The Morgan fingerprint density at radius 3 is 2.74 bits per heavy atom. The number of halogens is 3. The molecule has 0 saturated carbocycles. The Hall–Kier alpha value is -3.34. The van der Waals surface area contributed by atoms with Crippen LogP contribution in [0.1, 0.15) is 23.4 Å². The van der Waals surface area contributed by atoms with Gasteiger partial charge in [0.05, 0.1) is 21.9 Å². The van der Waals surface area contributed by atoms with Crippen LogP contribution in [0.4, 0.5) is 13.9 Å². The highest BCUT2D eigenvalue weighted by atomic mass is 35.5. The molecule has 6 nitrogen and oxygen atoms in total. The zero-order valence-electron chi connectivity index (χ0n) is 17.9. The molecule has 1 N–H and O–H groups in total. The minimum absolute atomic E-state index is 0.00941. The summed E-state index contributed by atoms with van der Waals surface area (Å²) in [7, 11) is 0. The highest BCUT2D eigenvalue weighted by Gasteiger charge is 2.48. The number of Topliss-reactive ketones (excluding diaryl/α,β-unsaturated/α-hetero) is 1. The molecule has 11 heteroatoms. The van der Waals surface area contributed by atoms with Crippen LogP contribution in [0.3, 0.4) is 0 Å². The number of nitrogens with zero attached hydrogens (tertiary/aromatic N) is 2. The summed E-state index contributed by atoms with van der Waals surface area (Å²) in [5, 5.41) is 13.3. The number of thiophene rings is 1. The van der Waals surface area contributed by atoms with E-state index in [0.29, 0.717) is 28.3 Å². The third-order valence-corrected chi connectivity index (χ3v) is 7.61. The van der Waals surface area contributed by atoms with Gasteiger partial charge in [0, 0.05) is 16.5 Å². The zero-order valence-corrected chi connectivity index (χ0v) is 20.3. The van der Waals surface area contributed by atoms with Crippen LogP contribution in [0.15, 0.2) is 53.4 Å². The molecule has 35 heavy (non-hydrogen) atoms. The van der Waals surface area contributed by atoms with Gasteiger partial charge in [0.2, 0.25) is 0 Å². The van der Waals surface area contributed by atoms with E-state index in [1.807, 2.05) is 0 Å². The Bertz CT molecular complexity index is 1520. The summed E-state index contributed by atoms with van der Waals surface area (Å²) in [6.07, 6.45) is 0. The van der Waals surface area contributed by atoms with Gasteiger partial charge in [0.15, 0.2) is 10.9 Å². The van der Waals surface area contributed by atoms with Gasteiger partial charge in [-0.15, -0.1) is 11.3 Å². The molecule has 5 rings (SSSR count). The van der Waals surface area contributed by atoms with Crippen molar-refractivity contribution in [3.63, 3.8) is 0 Å². The third-order valence-electron chi connectivity index (χ3n) is 5.37. The summed E-state index contributed by atoms with van der Waals surface area (Å²) in [6, 6.07) is 8.75. The summed E-state index contributed by atoms with van der Waals surface area (Å²) in [5.74, 6) is -3.64. The van der Waals surface area contributed by atoms with Gasteiger partial charge in [0.1, 0.15) is 28.9 Å². The molecule has 2 aromatic carbocycles. The van der Waals surface area contributed by atoms with Crippen molar-refractivity contribution < 1.29 is 28.2 Å². The number of ketones is 1. The third kappa shape index (κ3) is 3.97. The van der Waals surface area contributed by atoms with Gasteiger partial charge in [-0.25, -0.2) is 13.8 Å². The summed E-state index contributed by atoms with van der Waals surface area (Å²) in [6.45, 7) is 2.11. The maximum Gasteiger partial charge on any atom is 0.301 e. The Kier molecular flexibility index (Phi) is 6.04. The number of aliphatic hydroxyl groups excluding tert-OH is 1. The molecule has 3 heterocycles. The SMILES string of the molecule is CCOc1cc(/C(O)=C2\C(=O)C(=O)N(c3nc4c(F)cc(F)cc4s3)C2c2cccs2)ccc1Cl. The van der Waals surface area contributed by atoms with Gasteiger partial charge in [-0.05, 0) is 42.6 Å². The van der Waals surface area contributed by atoms with Crippen LogP contribution in [-0.4, -0.2) is 28.4 Å². The fourth-order valence-corrected chi connectivity index (χ4v) is 5.89. The number of aliphatic hydroxyl groups is 1. The predicted molar refractivity (Wildman–Crippen MR) is 131 cm³/mol. The first-order valence-electron chi connectivity index (χ1n) is 10.3. The average molecular weight is 533 g/mol. The zero-order chi connectivity index (χ0) is 24.9. The maximum absolute atomic E-state index is 14.3. The summed E-state index contributed by atoms with van der Waals surface area (Å²) in [5.41, 5.74) is -0.0414.